The Bertz CT molecular complexity index is 809. The largest absolute Gasteiger partial charge is 0.449 e. The summed E-state index contributed by atoms with van der Waals surface area (Å²) in [5.74, 6) is -3.22. The van der Waals surface area contributed by atoms with Gasteiger partial charge in [-0.25, -0.2) is 9.18 Å². The molecule has 2 aromatic rings. The summed E-state index contributed by atoms with van der Waals surface area (Å²) in [5.41, 5.74) is 4.94. The van der Waals surface area contributed by atoms with Gasteiger partial charge in [0.25, 0.3) is 11.8 Å². The number of nitrogens with two attached hydrogens (primary N) is 1. The van der Waals surface area contributed by atoms with Gasteiger partial charge in [-0.2, -0.15) is 0 Å². The number of esters is 1. The SMILES string of the molecule is C[C@@H](OC(=O)c1cc(Cl)ccc1F)C(=O)Nc1sccc1C(N)=O. The van der Waals surface area contributed by atoms with Crippen LogP contribution in [0.3, 0.4) is 0 Å². The minimum atomic E-state index is -1.22. The average molecular weight is 371 g/mol. The first-order chi connectivity index (χ1) is 11.3. The van der Waals surface area contributed by atoms with Gasteiger partial charge in [-0.15, -0.1) is 11.3 Å². The predicted octanol–water partition coefficient (Wildman–Crippen LogP) is 2.82. The maximum atomic E-state index is 13.6. The summed E-state index contributed by atoms with van der Waals surface area (Å²) in [6.07, 6.45) is -1.22. The third-order valence-electron chi connectivity index (χ3n) is 2.97. The van der Waals surface area contributed by atoms with E-state index in [1.807, 2.05) is 0 Å². The van der Waals surface area contributed by atoms with Crippen LogP contribution in [0.5, 0.6) is 0 Å². The molecule has 126 valence electrons. The molecule has 0 aliphatic carbocycles. The maximum Gasteiger partial charge on any atom is 0.341 e. The van der Waals surface area contributed by atoms with E-state index in [1.54, 1.807) is 5.38 Å². The molecule has 3 N–H and O–H groups in total. The number of carbonyl (C=O) groups is 3. The van der Waals surface area contributed by atoms with Crippen molar-refractivity contribution in [3.63, 3.8) is 0 Å². The average Bonchev–Trinajstić information content (AvgIpc) is 2.97. The Balaban J connectivity index is 2.06. The molecule has 9 heteroatoms. The van der Waals surface area contributed by atoms with Crippen LogP contribution in [0.15, 0.2) is 29.6 Å². The molecule has 0 radical (unpaired) electrons. The molecule has 0 aliphatic heterocycles. The van der Waals surface area contributed by atoms with Crippen LogP contribution in [-0.4, -0.2) is 23.9 Å². The van der Waals surface area contributed by atoms with Crippen molar-refractivity contribution in [1.82, 2.24) is 0 Å². The van der Waals surface area contributed by atoms with Crippen molar-refractivity contribution in [3.8, 4) is 0 Å². The zero-order valence-corrected chi connectivity index (χ0v) is 13.9. The molecule has 0 bridgehead atoms. The predicted molar refractivity (Wildman–Crippen MR) is 87.8 cm³/mol. The van der Waals surface area contributed by atoms with E-state index in [0.717, 1.165) is 23.5 Å². The number of halogens is 2. The molecule has 1 heterocycles. The number of hydrogen-bond donors (Lipinski definition) is 2. The van der Waals surface area contributed by atoms with Gasteiger partial charge < -0.3 is 15.8 Å². The molecule has 0 aliphatic rings. The molecule has 2 rings (SSSR count). The van der Waals surface area contributed by atoms with Gasteiger partial charge in [0, 0.05) is 5.02 Å². The highest BCUT2D eigenvalue weighted by atomic mass is 35.5. The topological polar surface area (TPSA) is 98.5 Å². The van der Waals surface area contributed by atoms with Gasteiger partial charge in [-0.3, -0.25) is 9.59 Å². The first kappa shape index (κ1) is 17.9. The Labute approximate surface area is 145 Å². The highest BCUT2D eigenvalue weighted by Gasteiger charge is 2.23. The molecule has 0 spiro atoms. The van der Waals surface area contributed by atoms with E-state index >= 15 is 0 Å². The number of carbonyl (C=O) groups excluding carboxylic acids is 3. The van der Waals surface area contributed by atoms with Gasteiger partial charge in [0.2, 0.25) is 0 Å². The van der Waals surface area contributed by atoms with Gasteiger partial charge >= 0.3 is 5.97 Å². The highest BCUT2D eigenvalue weighted by Crippen LogP contribution is 2.23. The van der Waals surface area contributed by atoms with Gasteiger partial charge in [-0.1, -0.05) is 11.6 Å². The number of ether oxygens (including phenoxy) is 1. The van der Waals surface area contributed by atoms with Crippen molar-refractivity contribution in [2.75, 3.05) is 5.32 Å². The van der Waals surface area contributed by atoms with E-state index in [0.29, 0.717) is 0 Å². The first-order valence-corrected chi connectivity index (χ1v) is 7.89. The Hall–Kier alpha value is -2.45. The summed E-state index contributed by atoms with van der Waals surface area (Å²) in [5, 5.41) is 4.41. The molecule has 1 atom stereocenters. The lowest BCUT2D eigenvalue weighted by atomic mass is 10.2. The number of amides is 2. The second kappa shape index (κ2) is 7.41. The van der Waals surface area contributed by atoms with E-state index in [9.17, 15) is 18.8 Å². The number of hydrogen-bond acceptors (Lipinski definition) is 5. The van der Waals surface area contributed by atoms with Gasteiger partial charge in [-0.05, 0) is 36.6 Å². The fourth-order valence-electron chi connectivity index (χ4n) is 1.75. The number of rotatable bonds is 5. The Morgan fingerprint density at radius 3 is 2.67 bits per heavy atom. The second-order valence-corrected chi connectivity index (χ2v) is 6.04. The standard InChI is InChI=1S/C15H12ClFN2O4S/c1-7(13(21)19-14-9(12(18)20)4-5-24-14)23-15(22)10-6-8(16)2-3-11(10)17/h2-7H,1H3,(H2,18,20)(H,19,21)/t7-/m1/s1. The molecule has 0 unspecified atom stereocenters. The Morgan fingerprint density at radius 2 is 2.00 bits per heavy atom. The molecular formula is C15H12ClFN2O4S. The van der Waals surface area contributed by atoms with Crippen LogP contribution >= 0.6 is 22.9 Å². The van der Waals surface area contributed by atoms with Crippen LogP contribution < -0.4 is 11.1 Å². The summed E-state index contributed by atoms with van der Waals surface area (Å²) in [7, 11) is 0. The minimum Gasteiger partial charge on any atom is -0.449 e. The summed E-state index contributed by atoms with van der Waals surface area (Å²) >= 11 is 6.80. The fraction of sp³-hybridized carbons (Fsp3) is 0.133. The van der Waals surface area contributed by atoms with Crippen molar-refractivity contribution in [2.45, 2.75) is 13.0 Å². The number of anilines is 1. The summed E-state index contributed by atoms with van der Waals surface area (Å²) in [4.78, 5) is 35.2. The maximum absolute atomic E-state index is 13.6. The molecular weight excluding hydrogens is 359 g/mol. The lowest BCUT2D eigenvalue weighted by Crippen LogP contribution is -2.30. The highest BCUT2D eigenvalue weighted by molar-refractivity contribution is 7.14. The summed E-state index contributed by atoms with van der Waals surface area (Å²) < 4.78 is 18.5. The number of thiophene rings is 1. The number of benzene rings is 1. The van der Waals surface area contributed by atoms with Crippen molar-refractivity contribution in [2.24, 2.45) is 5.73 Å². The van der Waals surface area contributed by atoms with E-state index in [2.05, 4.69) is 5.32 Å². The van der Waals surface area contributed by atoms with Crippen LogP contribution in [0.1, 0.15) is 27.6 Å². The van der Waals surface area contributed by atoms with E-state index < -0.39 is 29.7 Å². The van der Waals surface area contributed by atoms with Crippen LogP contribution in [0, 0.1) is 5.82 Å². The van der Waals surface area contributed by atoms with E-state index in [1.165, 1.54) is 19.1 Å². The molecule has 0 saturated carbocycles. The Kier molecular flexibility index (Phi) is 5.53. The lowest BCUT2D eigenvalue weighted by molar-refractivity contribution is -0.123. The van der Waals surface area contributed by atoms with Crippen molar-refractivity contribution >= 4 is 45.7 Å². The van der Waals surface area contributed by atoms with Crippen LogP contribution in [0.2, 0.25) is 5.02 Å². The van der Waals surface area contributed by atoms with Crippen LogP contribution in [-0.2, 0) is 9.53 Å². The zero-order valence-electron chi connectivity index (χ0n) is 12.3. The third kappa shape index (κ3) is 4.09. The summed E-state index contributed by atoms with van der Waals surface area (Å²) in [6, 6.07) is 4.87. The molecule has 1 aromatic carbocycles. The Morgan fingerprint density at radius 1 is 1.29 bits per heavy atom. The quantitative estimate of drug-likeness (QED) is 0.790. The number of primary amides is 1. The smallest absolute Gasteiger partial charge is 0.341 e. The molecule has 24 heavy (non-hydrogen) atoms. The fourth-order valence-corrected chi connectivity index (χ4v) is 2.71. The zero-order chi connectivity index (χ0) is 17.9. The molecule has 0 fully saturated rings. The monoisotopic (exact) mass is 370 g/mol. The lowest BCUT2D eigenvalue weighted by Gasteiger charge is -2.13. The molecule has 2 amide bonds. The minimum absolute atomic E-state index is 0.146. The van der Waals surface area contributed by atoms with E-state index in [-0.39, 0.29) is 21.2 Å². The van der Waals surface area contributed by atoms with Gasteiger partial charge in [0.05, 0.1) is 11.1 Å². The van der Waals surface area contributed by atoms with Gasteiger partial charge in [0.1, 0.15) is 10.8 Å². The molecule has 6 nitrogen and oxygen atoms in total. The third-order valence-corrected chi connectivity index (χ3v) is 4.03. The number of nitrogens with one attached hydrogen (secondary N) is 1. The molecule has 0 saturated heterocycles. The van der Waals surface area contributed by atoms with Crippen molar-refractivity contribution in [1.29, 1.82) is 0 Å². The molecule has 1 aromatic heterocycles. The van der Waals surface area contributed by atoms with Crippen LogP contribution in [0.4, 0.5) is 9.39 Å². The van der Waals surface area contributed by atoms with Crippen molar-refractivity contribution in [3.05, 3.63) is 51.6 Å². The van der Waals surface area contributed by atoms with Gasteiger partial charge in [0.15, 0.2) is 6.10 Å². The second-order valence-electron chi connectivity index (χ2n) is 4.69. The summed E-state index contributed by atoms with van der Waals surface area (Å²) in [6.45, 7) is 1.31. The van der Waals surface area contributed by atoms with E-state index in [4.69, 9.17) is 22.1 Å². The van der Waals surface area contributed by atoms with Crippen LogP contribution in [0.25, 0.3) is 0 Å². The first-order valence-electron chi connectivity index (χ1n) is 6.63. The van der Waals surface area contributed by atoms with Crippen molar-refractivity contribution < 1.29 is 23.5 Å². The normalized spacial score (nSPS) is 11.6.